The molecule has 0 radical (unpaired) electrons. The van der Waals surface area contributed by atoms with Gasteiger partial charge in [0.15, 0.2) is 0 Å². The first kappa shape index (κ1) is 11.3. The summed E-state index contributed by atoms with van der Waals surface area (Å²) in [6, 6.07) is 0. The highest BCUT2D eigenvalue weighted by molar-refractivity contribution is 9.11. The second kappa shape index (κ2) is 7.00. The highest BCUT2D eigenvalue weighted by atomic mass is 79.9. The largest absolute Gasteiger partial charge is 0.311 e. The van der Waals surface area contributed by atoms with Gasteiger partial charge in [0, 0.05) is 39.9 Å². The summed E-state index contributed by atoms with van der Waals surface area (Å²) in [6.45, 7) is 7.15. The Bertz CT molecular complexity index is 149. The van der Waals surface area contributed by atoms with E-state index >= 15 is 0 Å². The molecule has 0 aromatic rings. The Labute approximate surface area is 79.0 Å². The number of hydrogen-bond donors (Lipinski definition) is 1. The van der Waals surface area contributed by atoms with Gasteiger partial charge in [0.05, 0.1) is 0 Å². The summed E-state index contributed by atoms with van der Waals surface area (Å²) in [7, 11) is -0.649. The molecule has 0 rings (SSSR count). The van der Waals surface area contributed by atoms with Crippen molar-refractivity contribution in [1.29, 1.82) is 0 Å². The van der Waals surface area contributed by atoms with Crippen LogP contribution in [0.25, 0.3) is 0 Å². The minimum absolute atomic E-state index is 0.649. The van der Waals surface area contributed by atoms with Crippen LogP contribution in [0, 0.1) is 0 Å². The Balaban J connectivity index is 3.14. The summed E-state index contributed by atoms with van der Waals surface area (Å²) in [4.78, 5) is 0. The number of rotatable bonds is 6. The van der Waals surface area contributed by atoms with Gasteiger partial charge in [0.1, 0.15) is 0 Å². The fraction of sp³-hybridized carbons (Fsp3) is 0.714. The molecule has 11 heavy (non-hydrogen) atoms. The average molecular weight is 240 g/mol. The molecule has 1 unspecified atom stereocenters. The second-order valence-corrected chi connectivity index (χ2v) is 5.11. The summed E-state index contributed by atoms with van der Waals surface area (Å²) < 4.78 is 11.8. The SMILES string of the molecule is C=C(Br)CNCCS(=O)CC. The maximum atomic E-state index is 10.9. The van der Waals surface area contributed by atoms with E-state index in [9.17, 15) is 4.21 Å². The van der Waals surface area contributed by atoms with Crippen LogP contribution >= 0.6 is 15.9 Å². The van der Waals surface area contributed by atoms with Gasteiger partial charge in [-0.3, -0.25) is 4.21 Å². The van der Waals surface area contributed by atoms with Crippen LogP contribution < -0.4 is 5.32 Å². The van der Waals surface area contributed by atoms with Crippen LogP contribution in [0.2, 0.25) is 0 Å². The standard InChI is InChI=1S/C7H14BrNOS/c1-3-11(10)5-4-9-6-7(2)8/h9H,2-6H2,1H3. The summed E-state index contributed by atoms with van der Waals surface area (Å²) in [6.07, 6.45) is 0. The average Bonchev–Trinajstić information content (AvgIpc) is 1.97. The molecule has 0 heterocycles. The quantitative estimate of drug-likeness (QED) is 0.708. The first-order valence-electron chi connectivity index (χ1n) is 3.55. The van der Waals surface area contributed by atoms with E-state index in [1.54, 1.807) is 0 Å². The van der Waals surface area contributed by atoms with Crippen molar-refractivity contribution in [2.24, 2.45) is 0 Å². The van der Waals surface area contributed by atoms with Crippen molar-refractivity contribution in [1.82, 2.24) is 5.32 Å². The van der Waals surface area contributed by atoms with E-state index in [0.717, 1.165) is 29.1 Å². The molecular formula is C7H14BrNOS. The minimum Gasteiger partial charge on any atom is -0.311 e. The smallest absolute Gasteiger partial charge is 0.0360 e. The maximum Gasteiger partial charge on any atom is 0.0360 e. The molecule has 1 N–H and O–H groups in total. The van der Waals surface area contributed by atoms with E-state index in [1.165, 1.54) is 0 Å². The van der Waals surface area contributed by atoms with Gasteiger partial charge in [-0.15, -0.1) is 0 Å². The maximum absolute atomic E-state index is 10.9. The van der Waals surface area contributed by atoms with Crippen LogP contribution in [0.15, 0.2) is 11.1 Å². The third-order valence-electron chi connectivity index (χ3n) is 1.15. The summed E-state index contributed by atoms with van der Waals surface area (Å²) >= 11 is 3.23. The van der Waals surface area contributed by atoms with Gasteiger partial charge >= 0.3 is 0 Å². The van der Waals surface area contributed by atoms with Gasteiger partial charge in [0.25, 0.3) is 0 Å². The van der Waals surface area contributed by atoms with Crippen molar-refractivity contribution >= 4 is 26.7 Å². The summed E-state index contributed by atoms with van der Waals surface area (Å²) in [5.74, 6) is 1.48. The highest BCUT2D eigenvalue weighted by Crippen LogP contribution is 1.95. The van der Waals surface area contributed by atoms with Crippen LogP contribution in [0.5, 0.6) is 0 Å². The molecule has 66 valence electrons. The van der Waals surface area contributed by atoms with Crippen LogP contribution in [0.1, 0.15) is 6.92 Å². The Kier molecular flexibility index (Phi) is 7.22. The van der Waals surface area contributed by atoms with Crippen molar-refractivity contribution in [2.75, 3.05) is 24.6 Å². The monoisotopic (exact) mass is 239 g/mol. The zero-order chi connectivity index (χ0) is 8.69. The van der Waals surface area contributed by atoms with Crippen LogP contribution in [-0.2, 0) is 10.8 Å². The Hall–Kier alpha value is 0.330. The molecule has 0 aliphatic heterocycles. The van der Waals surface area contributed by atoms with Crippen LogP contribution in [-0.4, -0.2) is 28.8 Å². The first-order valence-corrected chi connectivity index (χ1v) is 5.84. The van der Waals surface area contributed by atoms with E-state index in [-0.39, 0.29) is 0 Å². The topological polar surface area (TPSA) is 29.1 Å². The van der Waals surface area contributed by atoms with Gasteiger partial charge in [-0.05, 0) is 0 Å². The van der Waals surface area contributed by atoms with E-state index in [2.05, 4.69) is 27.8 Å². The second-order valence-electron chi connectivity index (χ2n) is 2.13. The third-order valence-corrected chi connectivity index (χ3v) is 2.73. The lowest BCUT2D eigenvalue weighted by atomic mass is 10.6. The van der Waals surface area contributed by atoms with Crippen molar-refractivity contribution in [2.45, 2.75) is 6.92 Å². The molecule has 0 aromatic carbocycles. The zero-order valence-corrected chi connectivity index (χ0v) is 9.13. The van der Waals surface area contributed by atoms with E-state index in [4.69, 9.17) is 0 Å². The molecule has 0 fully saturated rings. The molecule has 1 atom stereocenters. The molecule has 2 nitrogen and oxygen atoms in total. The van der Waals surface area contributed by atoms with Crippen molar-refractivity contribution in [3.8, 4) is 0 Å². The van der Waals surface area contributed by atoms with E-state index in [0.29, 0.717) is 0 Å². The number of hydrogen-bond acceptors (Lipinski definition) is 2. The van der Waals surface area contributed by atoms with Gasteiger partial charge < -0.3 is 5.32 Å². The Morgan fingerprint density at radius 3 is 2.82 bits per heavy atom. The lowest BCUT2D eigenvalue weighted by molar-refractivity contribution is 0.679. The lowest BCUT2D eigenvalue weighted by Crippen LogP contribution is -2.21. The molecule has 4 heteroatoms. The fourth-order valence-corrected chi connectivity index (χ4v) is 1.41. The van der Waals surface area contributed by atoms with E-state index in [1.807, 2.05) is 6.92 Å². The Morgan fingerprint density at radius 1 is 1.73 bits per heavy atom. The molecule has 0 aliphatic carbocycles. The lowest BCUT2D eigenvalue weighted by Gasteiger charge is -2.01. The van der Waals surface area contributed by atoms with Gasteiger partial charge in [-0.25, -0.2) is 0 Å². The molecule has 0 saturated carbocycles. The zero-order valence-electron chi connectivity index (χ0n) is 6.73. The van der Waals surface area contributed by atoms with Crippen LogP contribution in [0.4, 0.5) is 0 Å². The minimum atomic E-state index is -0.649. The number of halogens is 1. The molecule has 0 amide bonds. The molecule has 0 bridgehead atoms. The molecule has 0 spiro atoms. The van der Waals surface area contributed by atoms with Gasteiger partial charge in [-0.2, -0.15) is 0 Å². The molecule has 0 aliphatic rings. The summed E-state index contributed by atoms with van der Waals surface area (Å²) in [5.41, 5.74) is 0. The predicted molar refractivity (Wildman–Crippen MR) is 54.5 cm³/mol. The molecular weight excluding hydrogens is 226 g/mol. The predicted octanol–water partition coefficient (Wildman–Crippen LogP) is 1.25. The third kappa shape index (κ3) is 8.23. The normalized spacial score (nSPS) is 12.9. The fourth-order valence-electron chi connectivity index (χ4n) is 0.554. The molecule has 0 aromatic heterocycles. The Morgan fingerprint density at radius 2 is 2.36 bits per heavy atom. The van der Waals surface area contributed by atoms with E-state index < -0.39 is 10.8 Å². The van der Waals surface area contributed by atoms with Crippen molar-refractivity contribution < 1.29 is 4.21 Å². The van der Waals surface area contributed by atoms with Crippen molar-refractivity contribution in [3.63, 3.8) is 0 Å². The van der Waals surface area contributed by atoms with Crippen molar-refractivity contribution in [3.05, 3.63) is 11.1 Å². The number of nitrogens with one attached hydrogen (secondary N) is 1. The first-order chi connectivity index (χ1) is 5.16. The summed E-state index contributed by atoms with van der Waals surface area (Å²) in [5, 5.41) is 3.11. The van der Waals surface area contributed by atoms with Gasteiger partial charge in [0.2, 0.25) is 0 Å². The molecule has 0 saturated heterocycles. The highest BCUT2D eigenvalue weighted by Gasteiger charge is 1.94. The van der Waals surface area contributed by atoms with Gasteiger partial charge in [-0.1, -0.05) is 29.4 Å². The van der Waals surface area contributed by atoms with Crippen LogP contribution in [0.3, 0.4) is 0 Å².